The van der Waals surface area contributed by atoms with Gasteiger partial charge < -0.3 is 9.47 Å². The molecule has 2 rings (SSSR count). The van der Waals surface area contributed by atoms with Crippen molar-refractivity contribution < 1.29 is 13.9 Å². The third-order valence-electron chi connectivity index (χ3n) is 3.28. The maximum absolute atomic E-state index is 14.6. The molecule has 116 valence electrons. The van der Waals surface area contributed by atoms with Crippen LogP contribution in [0.25, 0.3) is 12.2 Å². The van der Waals surface area contributed by atoms with E-state index in [0.29, 0.717) is 17.0 Å². The Morgan fingerprint density at radius 2 is 1.95 bits per heavy atom. The van der Waals surface area contributed by atoms with Crippen LogP contribution in [0.2, 0.25) is 0 Å². The van der Waals surface area contributed by atoms with Crippen LogP contribution in [-0.4, -0.2) is 24.4 Å². The standard InChI is InChI=1S/C17H19FN2O2/c1-11(2)15-14(21-3)10-12(16(18)17(15)22-4)7-8-13-6-5-9-19-20-13/h5-11H,1-4H3/b8-7+. The first-order valence-electron chi connectivity index (χ1n) is 6.98. The van der Waals surface area contributed by atoms with Crippen molar-refractivity contribution >= 4 is 12.2 Å². The number of methoxy groups -OCH3 is 2. The van der Waals surface area contributed by atoms with Crippen molar-refractivity contribution in [3.8, 4) is 11.5 Å². The molecule has 0 amide bonds. The van der Waals surface area contributed by atoms with Crippen molar-refractivity contribution in [2.24, 2.45) is 0 Å². The minimum atomic E-state index is -0.410. The summed E-state index contributed by atoms with van der Waals surface area (Å²) in [6.07, 6.45) is 4.91. The molecule has 22 heavy (non-hydrogen) atoms. The van der Waals surface area contributed by atoms with Crippen LogP contribution in [0.3, 0.4) is 0 Å². The van der Waals surface area contributed by atoms with Crippen molar-refractivity contribution in [1.82, 2.24) is 10.2 Å². The van der Waals surface area contributed by atoms with Gasteiger partial charge in [-0.25, -0.2) is 4.39 Å². The average Bonchev–Trinajstić information content (AvgIpc) is 2.53. The number of hydrogen-bond donors (Lipinski definition) is 0. The van der Waals surface area contributed by atoms with Gasteiger partial charge in [0.2, 0.25) is 0 Å². The first-order valence-corrected chi connectivity index (χ1v) is 6.98. The number of aromatic nitrogens is 2. The molecule has 2 aromatic rings. The number of ether oxygens (including phenoxy) is 2. The minimum Gasteiger partial charge on any atom is -0.496 e. The van der Waals surface area contributed by atoms with E-state index >= 15 is 0 Å². The summed E-state index contributed by atoms with van der Waals surface area (Å²) in [7, 11) is 3.02. The topological polar surface area (TPSA) is 44.2 Å². The normalized spacial score (nSPS) is 11.2. The molecule has 4 nitrogen and oxygen atoms in total. The second-order valence-electron chi connectivity index (χ2n) is 5.07. The molecule has 0 saturated carbocycles. The number of rotatable bonds is 5. The molecule has 1 heterocycles. The van der Waals surface area contributed by atoms with E-state index in [9.17, 15) is 4.39 Å². The number of benzene rings is 1. The van der Waals surface area contributed by atoms with Gasteiger partial charge in [-0.2, -0.15) is 10.2 Å². The summed E-state index contributed by atoms with van der Waals surface area (Å²) < 4.78 is 25.3. The summed E-state index contributed by atoms with van der Waals surface area (Å²) in [5, 5.41) is 7.71. The summed E-state index contributed by atoms with van der Waals surface area (Å²) in [6, 6.07) is 5.23. The van der Waals surface area contributed by atoms with Crippen LogP contribution < -0.4 is 9.47 Å². The van der Waals surface area contributed by atoms with Gasteiger partial charge in [0.15, 0.2) is 11.6 Å². The SMILES string of the molecule is COc1cc(/C=C/c2cccnn2)c(F)c(OC)c1C(C)C. The average molecular weight is 302 g/mol. The Morgan fingerprint density at radius 1 is 1.18 bits per heavy atom. The lowest BCUT2D eigenvalue weighted by Gasteiger charge is -2.18. The van der Waals surface area contributed by atoms with E-state index in [2.05, 4.69) is 10.2 Å². The van der Waals surface area contributed by atoms with Gasteiger partial charge in [-0.05, 0) is 36.3 Å². The summed E-state index contributed by atoms with van der Waals surface area (Å²) in [5.41, 5.74) is 1.75. The maximum Gasteiger partial charge on any atom is 0.172 e. The second kappa shape index (κ2) is 7.02. The Balaban J connectivity index is 2.51. The van der Waals surface area contributed by atoms with E-state index in [1.54, 1.807) is 43.7 Å². The fourth-order valence-electron chi connectivity index (χ4n) is 2.26. The van der Waals surface area contributed by atoms with Crippen LogP contribution in [0.5, 0.6) is 11.5 Å². The molecule has 0 aliphatic rings. The Labute approximate surface area is 129 Å². The summed E-state index contributed by atoms with van der Waals surface area (Å²) in [4.78, 5) is 0. The summed E-state index contributed by atoms with van der Waals surface area (Å²) in [5.74, 6) is 0.491. The van der Waals surface area contributed by atoms with Crippen LogP contribution in [0.4, 0.5) is 4.39 Å². The lowest BCUT2D eigenvalue weighted by atomic mass is 9.97. The Kier molecular flexibility index (Phi) is 5.09. The van der Waals surface area contributed by atoms with Gasteiger partial charge in [-0.3, -0.25) is 0 Å². The molecule has 0 aliphatic carbocycles. The molecular weight excluding hydrogens is 283 g/mol. The van der Waals surface area contributed by atoms with Crippen LogP contribution in [-0.2, 0) is 0 Å². The van der Waals surface area contributed by atoms with Gasteiger partial charge in [0.05, 0.1) is 19.9 Å². The highest BCUT2D eigenvalue weighted by molar-refractivity contribution is 5.71. The van der Waals surface area contributed by atoms with Gasteiger partial charge in [0.25, 0.3) is 0 Å². The molecule has 0 atom stereocenters. The predicted octanol–water partition coefficient (Wildman–Crippen LogP) is 3.93. The molecule has 0 unspecified atom stereocenters. The quantitative estimate of drug-likeness (QED) is 0.839. The molecule has 0 radical (unpaired) electrons. The largest absolute Gasteiger partial charge is 0.496 e. The van der Waals surface area contributed by atoms with Gasteiger partial charge in [0.1, 0.15) is 5.75 Å². The molecule has 5 heteroatoms. The van der Waals surface area contributed by atoms with E-state index in [-0.39, 0.29) is 11.7 Å². The number of hydrogen-bond acceptors (Lipinski definition) is 4. The predicted molar refractivity (Wildman–Crippen MR) is 84.6 cm³/mol. The maximum atomic E-state index is 14.6. The van der Waals surface area contributed by atoms with Crippen LogP contribution in [0.1, 0.15) is 36.6 Å². The zero-order valence-corrected chi connectivity index (χ0v) is 13.1. The van der Waals surface area contributed by atoms with Gasteiger partial charge >= 0.3 is 0 Å². The molecule has 1 aromatic heterocycles. The molecule has 0 aliphatic heterocycles. The monoisotopic (exact) mass is 302 g/mol. The highest BCUT2D eigenvalue weighted by atomic mass is 19.1. The molecule has 0 spiro atoms. The van der Waals surface area contributed by atoms with E-state index in [4.69, 9.17) is 9.47 Å². The highest BCUT2D eigenvalue weighted by Crippen LogP contribution is 2.39. The van der Waals surface area contributed by atoms with Crippen molar-refractivity contribution in [3.63, 3.8) is 0 Å². The third kappa shape index (κ3) is 3.24. The van der Waals surface area contributed by atoms with Crippen molar-refractivity contribution in [1.29, 1.82) is 0 Å². The van der Waals surface area contributed by atoms with Crippen molar-refractivity contribution in [2.75, 3.05) is 14.2 Å². The summed E-state index contributed by atoms with van der Waals surface area (Å²) in [6.45, 7) is 3.93. The lowest BCUT2D eigenvalue weighted by Crippen LogP contribution is -2.03. The van der Waals surface area contributed by atoms with E-state index < -0.39 is 5.82 Å². The van der Waals surface area contributed by atoms with Gasteiger partial charge in [-0.1, -0.05) is 13.8 Å². The third-order valence-corrected chi connectivity index (χ3v) is 3.28. The van der Waals surface area contributed by atoms with Gasteiger partial charge in [-0.15, -0.1) is 0 Å². The Bertz CT molecular complexity index is 670. The van der Waals surface area contributed by atoms with E-state index in [0.717, 1.165) is 5.56 Å². The van der Waals surface area contributed by atoms with E-state index in [1.165, 1.54) is 7.11 Å². The van der Waals surface area contributed by atoms with Crippen LogP contribution in [0.15, 0.2) is 24.4 Å². The zero-order valence-electron chi connectivity index (χ0n) is 13.1. The van der Waals surface area contributed by atoms with Crippen LogP contribution in [0, 0.1) is 5.82 Å². The molecule has 0 saturated heterocycles. The van der Waals surface area contributed by atoms with Gasteiger partial charge in [0, 0.05) is 17.3 Å². The molecule has 0 fully saturated rings. The minimum absolute atomic E-state index is 0.0809. The van der Waals surface area contributed by atoms with Crippen molar-refractivity contribution in [3.05, 3.63) is 47.0 Å². The lowest BCUT2D eigenvalue weighted by molar-refractivity contribution is 0.362. The highest BCUT2D eigenvalue weighted by Gasteiger charge is 2.20. The first-order chi connectivity index (χ1) is 10.6. The fourth-order valence-corrected chi connectivity index (χ4v) is 2.26. The smallest absolute Gasteiger partial charge is 0.172 e. The zero-order chi connectivity index (χ0) is 16.1. The Hall–Kier alpha value is -2.43. The molecule has 0 N–H and O–H groups in total. The Morgan fingerprint density at radius 3 is 2.50 bits per heavy atom. The molecule has 0 bridgehead atoms. The van der Waals surface area contributed by atoms with Crippen molar-refractivity contribution in [2.45, 2.75) is 19.8 Å². The molecule has 1 aromatic carbocycles. The number of nitrogens with zero attached hydrogens (tertiary/aromatic N) is 2. The van der Waals surface area contributed by atoms with Crippen LogP contribution >= 0.6 is 0 Å². The fraction of sp³-hybridized carbons (Fsp3) is 0.294. The first kappa shape index (κ1) is 15.9. The number of halogens is 1. The summed E-state index contributed by atoms with van der Waals surface area (Å²) >= 11 is 0. The van der Waals surface area contributed by atoms with E-state index in [1.807, 2.05) is 13.8 Å². The molecular formula is C17H19FN2O2. The second-order valence-corrected chi connectivity index (χ2v) is 5.07.